The summed E-state index contributed by atoms with van der Waals surface area (Å²) in [5.74, 6) is -2.44. The third-order valence-electron chi connectivity index (χ3n) is 0.667. The van der Waals surface area contributed by atoms with Crippen molar-refractivity contribution in [3.8, 4) is 0 Å². The van der Waals surface area contributed by atoms with Crippen LogP contribution in [0.5, 0.6) is 0 Å². The Bertz CT molecular complexity index is 168. The summed E-state index contributed by atoms with van der Waals surface area (Å²) in [6, 6.07) is 0. The molecule has 10 heavy (non-hydrogen) atoms. The van der Waals surface area contributed by atoms with E-state index in [9.17, 15) is 9.59 Å². The molecule has 0 fully saturated rings. The van der Waals surface area contributed by atoms with Crippen molar-refractivity contribution < 1.29 is 90.1 Å². The minimum Gasteiger partial charge on any atom is -1.00 e. The van der Waals surface area contributed by atoms with E-state index in [0.29, 0.717) is 0 Å². The van der Waals surface area contributed by atoms with Gasteiger partial charge in [-0.25, -0.2) is 4.79 Å². The SMILES string of the molecule is C=C(CC(=O)O)C(=O)O.[Cs+].[H-]. The zero-order chi connectivity index (χ0) is 7.44. The number of carboxylic acid groups (broad SMARTS) is 2. The van der Waals surface area contributed by atoms with E-state index in [-0.39, 0.29) is 75.9 Å². The van der Waals surface area contributed by atoms with Crippen LogP contribution < -0.4 is 68.9 Å². The molecule has 5 heteroatoms. The molecule has 0 saturated carbocycles. The van der Waals surface area contributed by atoms with Gasteiger partial charge in [0.1, 0.15) is 0 Å². The van der Waals surface area contributed by atoms with E-state index in [0.717, 1.165) is 0 Å². The molecule has 52 valence electrons. The summed E-state index contributed by atoms with van der Waals surface area (Å²) in [4.78, 5) is 19.7. The Morgan fingerprint density at radius 3 is 1.90 bits per heavy atom. The smallest absolute Gasteiger partial charge is 1.00 e. The first-order chi connectivity index (χ1) is 4.04. The topological polar surface area (TPSA) is 74.6 Å². The molecule has 0 aromatic rings. The molecule has 0 aromatic carbocycles. The van der Waals surface area contributed by atoms with Gasteiger partial charge in [-0.3, -0.25) is 4.79 Å². The average Bonchev–Trinajstić information content (AvgIpc) is 1.63. The molecular formula is C5H7CsO4. The Labute approximate surface area is 118 Å². The number of hydrogen-bond donors (Lipinski definition) is 2. The van der Waals surface area contributed by atoms with Crippen LogP contribution in [-0.4, -0.2) is 22.2 Å². The maximum absolute atomic E-state index is 9.87. The molecule has 0 aromatic heterocycles. The van der Waals surface area contributed by atoms with Crippen LogP contribution in [0.4, 0.5) is 0 Å². The van der Waals surface area contributed by atoms with E-state index in [4.69, 9.17) is 10.2 Å². The predicted octanol–water partition coefficient (Wildman–Crippen LogP) is -2.78. The molecule has 2 N–H and O–H groups in total. The number of hydrogen-bond acceptors (Lipinski definition) is 2. The Kier molecular flexibility index (Phi) is 8.59. The predicted molar refractivity (Wildman–Crippen MR) is 30.1 cm³/mol. The molecule has 0 unspecified atom stereocenters. The van der Waals surface area contributed by atoms with Crippen molar-refractivity contribution >= 4 is 11.9 Å². The zero-order valence-corrected chi connectivity index (χ0v) is 11.9. The molecule has 0 aliphatic rings. The summed E-state index contributed by atoms with van der Waals surface area (Å²) in [5.41, 5.74) is -0.303. The van der Waals surface area contributed by atoms with Gasteiger partial charge in [0, 0.05) is 5.57 Å². The van der Waals surface area contributed by atoms with Crippen LogP contribution in [0.25, 0.3) is 0 Å². The number of aliphatic carboxylic acids is 2. The summed E-state index contributed by atoms with van der Waals surface area (Å²) < 4.78 is 0. The van der Waals surface area contributed by atoms with Crippen molar-refractivity contribution in [1.82, 2.24) is 0 Å². The van der Waals surface area contributed by atoms with Gasteiger partial charge in [0.25, 0.3) is 0 Å². The van der Waals surface area contributed by atoms with Crippen molar-refractivity contribution in [3.63, 3.8) is 0 Å². The molecule has 0 saturated heterocycles. The van der Waals surface area contributed by atoms with Crippen LogP contribution >= 0.6 is 0 Å². The summed E-state index contributed by atoms with van der Waals surface area (Å²) in [7, 11) is 0. The third kappa shape index (κ3) is 6.85. The zero-order valence-electron chi connectivity index (χ0n) is 6.63. The van der Waals surface area contributed by atoms with Crippen LogP contribution in [0.2, 0.25) is 0 Å². The van der Waals surface area contributed by atoms with E-state index >= 15 is 0 Å². The van der Waals surface area contributed by atoms with Gasteiger partial charge in [0.2, 0.25) is 0 Å². The Hall–Kier alpha value is 0.732. The van der Waals surface area contributed by atoms with Crippen LogP contribution in [0.15, 0.2) is 12.2 Å². The second-order valence-corrected chi connectivity index (χ2v) is 1.48. The molecule has 0 aliphatic heterocycles. The molecule has 0 amide bonds. The first-order valence-corrected chi connectivity index (χ1v) is 2.17. The van der Waals surface area contributed by atoms with Crippen molar-refractivity contribution in [3.05, 3.63) is 12.2 Å². The molecule has 0 radical (unpaired) electrons. The van der Waals surface area contributed by atoms with Crippen LogP contribution in [0, 0.1) is 0 Å². The minimum atomic E-state index is -1.27. The quantitative estimate of drug-likeness (QED) is 0.541. The molecule has 0 heterocycles. The Balaban J connectivity index is -0.000000320. The number of carboxylic acids is 2. The first-order valence-electron chi connectivity index (χ1n) is 2.17. The van der Waals surface area contributed by atoms with Gasteiger partial charge in [0.05, 0.1) is 6.42 Å². The van der Waals surface area contributed by atoms with Gasteiger partial charge >= 0.3 is 80.8 Å². The fraction of sp³-hybridized carbons (Fsp3) is 0.200. The molecule has 0 rings (SSSR count). The summed E-state index contributed by atoms with van der Waals surface area (Å²) in [5, 5.41) is 16.1. The minimum absolute atomic E-state index is 0. The van der Waals surface area contributed by atoms with E-state index in [2.05, 4.69) is 6.58 Å². The number of carbonyl (C=O) groups is 2. The van der Waals surface area contributed by atoms with E-state index in [1.807, 2.05) is 0 Å². The molecule has 0 atom stereocenters. The van der Waals surface area contributed by atoms with Gasteiger partial charge in [0.15, 0.2) is 0 Å². The van der Waals surface area contributed by atoms with Crippen molar-refractivity contribution in [1.29, 1.82) is 0 Å². The normalized spacial score (nSPS) is 7.60. The van der Waals surface area contributed by atoms with Crippen molar-refractivity contribution in [2.24, 2.45) is 0 Å². The van der Waals surface area contributed by atoms with Gasteiger partial charge in [-0.2, -0.15) is 0 Å². The van der Waals surface area contributed by atoms with Crippen molar-refractivity contribution in [2.45, 2.75) is 6.42 Å². The average molecular weight is 264 g/mol. The van der Waals surface area contributed by atoms with Gasteiger partial charge in [-0.05, 0) is 0 Å². The Morgan fingerprint density at radius 1 is 1.40 bits per heavy atom. The summed E-state index contributed by atoms with van der Waals surface area (Å²) in [6.07, 6.45) is -0.505. The van der Waals surface area contributed by atoms with Crippen LogP contribution in [-0.2, 0) is 9.59 Å². The second kappa shape index (κ2) is 6.44. The number of rotatable bonds is 3. The molecule has 0 spiro atoms. The van der Waals surface area contributed by atoms with E-state index in [1.165, 1.54) is 0 Å². The van der Waals surface area contributed by atoms with Gasteiger partial charge < -0.3 is 11.6 Å². The van der Waals surface area contributed by atoms with E-state index in [1.54, 1.807) is 0 Å². The monoisotopic (exact) mass is 264 g/mol. The van der Waals surface area contributed by atoms with E-state index < -0.39 is 18.4 Å². The summed E-state index contributed by atoms with van der Waals surface area (Å²) in [6.45, 7) is 3.01. The van der Waals surface area contributed by atoms with Gasteiger partial charge in [-0.1, -0.05) is 6.58 Å². The largest absolute Gasteiger partial charge is 1.00 e. The van der Waals surface area contributed by atoms with Crippen LogP contribution in [0.1, 0.15) is 7.85 Å². The Morgan fingerprint density at radius 2 is 1.80 bits per heavy atom. The first kappa shape index (κ1) is 13.3. The molecule has 4 nitrogen and oxygen atoms in total. The maximum atomic E-state index is 9.87. The third-order valence-corrected chi connectivity index (χ3v) is 0.667. The maximum Gasteiger partial charge on any atom is 1.00 e. The second-order valence-electron chi connectivity index (χ2n) is 1.48. The standard InChI is InChI=1S/C5H6O4.Cs.H/c1-3(5(8)9)2-4(6)7;;/h1-2H2,(H,6,7)(H,8,9);;/q;+1;-1. The molecule has 0 bridgehead atoms. The molecule has 0 aliphatic carbocycles. The fourth-order valence-corrected chi connectivity index (χ4v) is 0.258. The molecular weight excluding hydrogens is 257 g/mol. The fourth-order valence-electron chi connectivity index (χ4n) is 0.258. The van der Waals surface area contributed by atoms with Crippen molar-refractivity contribution in [2.75, 3.05) is 0 Å². The van der Waals surface area contributed by atoms with Gasteiger partial charge in [-0.15, -0.1) is 0 Å². The van der Waals surface area contributed by atoms with Crippen LogP contribution in [0.3, 0.4) is 0 Å². The summed E-state index contributed by atoms with van der Waals surface area (Å²) >= 11 is 0.